The van der Waals surface area contributed by atoms with Gasteiger partial charge in [-0.3, -0.25) is 4.79 Å². The molecular weight excluding hydrogens is 336 g/mol. The summed E-state index contributed by atoms with van der Waals surface area (Å²) in [6, 6.07) is 11.2. The van der Waals surface area contributed by atoms with Crippen LogP contribution in [0, 0.1) is 0 Å². The highest BCUT2D eigenvalue weighted by Crippen LogP contribution is 2.21. The summed E-state index contributed by atoms with van der Waals surface area (Å²) < 4.78 is 9.39. The Morgan fingerprint density at radius 1 is 0.846 bits per heavy atom. The zero-order chi connectivity index (χ0) is 19.3. The summed E-state index contributed by atoms with van der Waals surface area (Å²) in [4.78, 5) is 38.1. The number of ether oxygens (including phenoxy) is 2. The SMILES string of the molecule is COC(=O)c1ccc(C(=O)OC)c(NC(=O)c2ccc(N(C)C)cc2)c1. The third-order valence-electron chi connectivity index (χ3n) is 3.74. The molecule has 0 heterocycles. The van der Waals surface area contributed by atoms with E-state index in [9.17, 15) is 14.4 Å². The molecule has 7 nitrogen and oxygen atoms in total. The van der Waals surface area contributed by atoms with E-state index in [4.69, 9.17) is 4.74 Å². The summed E-state index contributed by atoms with van der Waals surface area (Å²) in [7, 11) is 6.29. The number of esters is 2. The van der Waals surface area contributed by atoms with Crippen LogP contribution in [0.5, 0.6) is 0 Å². The van der Waals surface area contributed by atoms with Crippen molar-refractivity contribution in [2.75, 3.05) is 38.5 Å². The minimum Gasteiger partial charge on any atom is -0.465 e. The molecule has 7 heteroatoms. The number of hydrogen-bond acceptors (Lipinski definition) is 6. The fourth-order valence-electron chi connectivity index (χ4n) is 2.29. The van der Waals surface area contributed by atoms with Gasteiger partial charge < -0.3 is 19.7 Å². The Balaban J connectivity index is 2.34. The molecule has 0 atom stereocenters. The number of carbonyl (C=O) groups excluding carboxylic acids is 3. The predicted molar refractivity (Wildman–Crippen MR) is 97.8 cm³/mol. The highest BCUT2D eigenvalue weighted by Gasteiger charge is 2.18. The van der Waals surface area contributed by atoms with Crippen LogP contribution in [0.4, 0.5) is 11.4 Å². The van der Waals surface area contributed by atoms with Gasteiger partial charge in [-0.1, -0.05) is 0 Å². The van der Waals surface area contributed by atoms with Crippen LogP contribution in [0.2, 0.25) is 0 Å². The number of hydrogen-bond donors (Lipinski definition) is 1. The first-order valence-electron chi connectivity index (χ1n) is 7.76. The molecule has 1 N–H and O–H groups in total. The summed E-state index contributed by atoms with van der Waals surface area (Å²) in [6.07, 6.45) is 0. The summed E-state index contributed by atoms with van der Waals surface area (Å²) >= 11 is 0. The molecule has 0 saturated carbocycles. The minimum absolute atomic E-state index is 0.137. The van der Waals surface area contributed by atoms with Crippen LogP contribution in [0.1, 0.15) is 31.1 Å². The van der Waals surface area contributed by atoms with E-state index >= 15 is 0 Å². The molecule has 2 aromatic carbocycles. The molecule has 0 aromatic heterocycles. The highest BCUT2D eigenvalue weighted by atomic mass is 16.5. The van der Waals surface area contributed by atoms with Gasteiger partial charge in [-0.05, 0) is 42.5 Å². The van der Waals surface area contributed by atoms with Crippen LogP contribution in [-0.4, -0.2) is 46.2 Å². The topological polar surface area (TPSA) is 84.9 Å². The summed E-state index contributed by atoms with van der Waals surface area (Å²) in [5.41, 5.74) is 1.87. The van der Waals surface area contributed by atoms with Gasteiger partial charge in [0.25, 0.3) is 5.91 Å². The van der Waals surface area contributed by atoms with Crippen molar-refractivity contribution in [2.24, 2.45) is 0 Å². The van der Waals surface area contributed by atoms with E-state index in [2.05, 4.69) is 10.1 Å². The lowest BCUT2D eigenvalue weighted by atomic mass is 10.1. The molecule has 0 aliphatic heterocycles. The monoisotopic (exact) mass is 356 g/mol. The molecule has 0 spiro atoms. The largest absolute Gasteiger partial charge is 0.465 e. The number of methoxy groups -OCH3 is 2. The Bertz CT molecular complexity index is 828. The minimum atomic E-state index is -0.625. The molecule has 0 unspecified atom stereocenters. The zero-order valence-electron chi connectivity index (χ0n) is 15.0. The lowest BCUT2D eigenvalue weighted by molar-refractivity contribution is 0.0587. The molecule has 0 aliphatic rings. The number of anilines is 2. The molecule has 0 aliphatic carbocycles. The first-order chi connectivity index (χ1) is 12.4. The van der Waals surface area contributed by atoms with E-state index in [1.54, 1.807) is 24.3 Å². The van der Waals surface area contributed by atoms with Gasteiger partial charge in [-0.15, -0.1) is 0 Å². The van der Waals surface area contributed by atoms with E-state index in [1.807, 2.05) is 19.0 Å². The summed E-state index contributed by atoms with van der Waals surface area (Å²) in [5, 5.41) is 2.65. The fourth-order valence-corrected chi connectivity index (χ4v) is 2.29. The maximum Gasteiger partial charge on any atom is 0.339 e. The van der Waals surface area contributed by atoms with Crippen molar-refractivity contribution >= 4 is 29.2 Å². The summed E-state index contributed by atoms with van der Waals surface area (Å²) in [6.45, 7) is 0. The predicted octanol–water partition coefficient (Wildman–Crippen LogP) is 2.58. The van der Waals surface area contributed by atoms with Gasteiger partial charge in [0.15, 0.2) is 0 Å². The third-order valence-corrected chi connectivity index (χ3v) is 3.74. The van der Waals surface area contributed by atoms with E-state index in [0.29, 0.717) is 5.56 Å². The van der Waals surface area contributed by atoms with Crippen molar-refractivity contribution in [2.45, 2.75) is 0 Å². The molecule has 2 aromatic rings. The molecule has 0 radical (unpaired) electrons. The molecule has 0 saturated heterocycles. The first-order valence-corrected chi connectivity index (χ1v) is 7.76. The Morgan fingerprint density at radius 3 is 1.96 bits per heavy atom. The highest BCUT2D eigenvalue weighted by molar-refractivity contribution is 6.09. The van der Waals surface area contributed by atoms with E-state index in [0.717, 1.165) is 5.69 Å². The third kappa shape index (κ3) is 4.18. The van der Waals surface area contributed by atoms with Gasteiger partial charge >= 0.3 is 11.9 Å². The van der Waals surface area contributed by atoms with Crippen LogP contribution in [-0.2, 0) is 9.47 Å². The van der Waals surface area contributed by atoms with Crippen molar-refractivity contribution in [1.29, 1.82) is 0 Å². The van der Waals surface area contributed by atoms with Gasteiger partial charge in [-0.2, -0.15) is 0 Å². The average molecular weight is 356 g/mol. The van der Waals surface area contributed by atoms with Crippen LogP contribution in [0.25, 0.3) is 0 Å². The van der Waals surface area contributed by atoms with Crippen molar-refractivity contribution in [3.05, 3.63) is 59.2 Å². The van der Waals surface area contributed by atoms with Crippen molar-refractivity contribution in [1.82, 2.24) is 0 Å². The van der Waals surface area contributed by atoms with Crippen molar-refractivity contribution in [3.63, 3.8) is 0 Å². The maximum atomic E-state index is 12.5. The standard InChI is InChI=1S/C19H20N2O5/c1-21(2)14-8-5-12(6-9-14)17(22)20-16-11-13(18(23)25-3)7-10-15(16)19(24)26-4/h5-11H,1-4H3,(H,20,22). The molecule has 26 heavy (non-hydrogen) atoms. The Labute approximate surface area is 151 Å². The number of carbonyl (C=O) groups is 3. The number of benzene rings is 2. The van der Waals surface area contributed by atoms with Crippen LogP contribution >= 0.6 is 0 Å². The molecule has 1 amide bonds. The van der Waals surface area contributed by atoms with Crippen LogP contribution in [0.3, 0.4) is 0 Å². The Hall–Kier alpha value is -3.35. The maximum absolute atomic E-state index is 12.5. The fraction of sp³-hybridized carbons (Fsp3) is 0.211. The van der Waals surface area contributed by atoms with Gasteiger partial charge in [0.05, 0.1) is 31.0 Å². The molecular formula is C19H20N2O5. The van der Waals surface area contributed by atoms with E-state index in [1.165, 1.54) is 32.4 Å². The van der Waals surface area contributed by atoms with Crippen LogP contribution in [0.15, 0.2) is 42.5 Å². The van der Waals surface area contributed by atoms with Gasteiger partial charge in [0.2, 0.25) is 0 Å². The van der Waals surface area contributed by atoms with E-state index in [-0.39, 0.29) is 16.8 Å². The van der Waals surface area contributed by atoms with Crippen LogP contribution < -0.4 is 10.2 Å². The normalized spacial score (nSPS) is 10.0. The second-order valence-electron chi connectivity index (χ2n) is 5.64. The average Bonchev–Trinajstić information content (AvgIpc) is 2.66. The lowest BCUT2D eigenvalue weighted by Gasteiger charge is -2.14. The second-order valence-corrected chi connectivity index (χ2v) is 5.64. The molecule has 2 rings (SSSR count). The smallest absolute Gasteiger partial charge is 0.339 e. The van der Waals surface area contributed by atoms with Gasteiger partial charge in [0, 0.05) is 25.3 Å². The quantitative estimate of drug-likeness (QED) is 0.829. The molecule has 0 bridgehead atoms. The number of rotatable bonds is 5. The second kappa shape index (κ2) is 8.15. The molecule has 0 fully saturated rings. The summed E-state index contributed by atoms with van der Waals surface area (Å²) in [5.74, 6) is -1.62. The molecule has 136 valence electrons. The lowest BCUT2D eigenvalue weighted by Crippen LogP contribution is -2.17. The number of nitrogens with zero attached hydrogens (tertiary/aromatic N) is 1. The zero-order valence-corrected chi connectivity index (χ0v) is 15.0. The Morgan fingerprint density at radius 2 is 1.42 bits per heavy atom. The van der Waals surface area contributed by atoms with Crippen molar-refractivity contribution < 1.29 is 23.9 Å². The van der Waals surface area contributed by atoms with Gasteiger partial charge in [-0.25, -0.2) is 9.59 Å². The van der Waals surface area contributed by atoms with Crippen molar-refractivity contribution in [3.8, 4) is 0 Å². The van der Waals surface area contributed by atoms with E-state index < -0.39 is 17.8 Å². The number of amides is 1. The van der Waals surface area contributed by atoms with Gasteiger partial charge in [0.1, 0.15) is 0 Å². The Kier molecular flexibility index (Phi) is 5.95. The first kappa shape index (κ1) is 19.0. The number of nitrogens with one attached hydrogen (secondary N) is 1.